The molecule has 0 fully saturated rings. The molecule has 12 heavy (non-hydrogen) atoms. The normalized spacial score (nSPS) is 10.5. The SMILES string of the molecule is Clc1cnc2nc(Cl)ncc2n1. The second kappa shape index (κ2) is 2.80. The molecule has 6 heteroatoms. The maximum atomic E-state index is 5.60. The van der Waals surface area contributed by atoms with Crippen molar-refractivity contribution in [2.24, 2.45) is 0 Å². The van der Waals surface area contributed by atoms with E-state index in [0.29, 0.717) is 16.3 Å². The van der Waals surface area contributed by atoms with Gasteiger partial charge in [-0.1, -0.05) is 11.6 Å². The summed E-state index contributed by atoms with van der Waals surface area (Å²) in [6, 6.07) is 0. The lowest BCUT2D eigenvalue weighted by Crippen LogP contribution is -1.89. The lowest BCUT2D eigenvalue weighted by atomic mass is 10.5. The minimum Gasteiger partial charge on any atom is -0.232 e. The molecular weight excluding hydrogens is 199 g/mol. The Kier molecular flexibility index (Phi) is 1.78. The van der Waals surface area contributed by atoms with Crippen LogP contribution in [0.4, 0.5) is 0 Å². The van der Waals surface area contributed by atoms with Crippen LogP contribution in [0.3, 0.4) is 0 Å². The topological polar surface area (TPSA) is 51.6 Å². The van der Waals surface area contributed by atoms with E-state index in [1.807, 2.05) is 0 Å². The molecule has 0 atom stereocenters. The van der Waals surface area contributed by atoms with Crippen molar-refractivity contribution in [3.63, 3.8) is 0 Å². The van der Waals surface area contributed by atoms with Crippen molar-refractivity contribution in [1.29, 1.82) is 0 Å². The first-order valence-corrected chi connectivity index (χ1v) is 3.82. The summed E-state index contributed by atoms with van der Waals surface area (Å²) in [6.45, 7) is 0. The van der Waals surface area contributed by atoms with E-state index in [-0.39, 0.29) is 5.28 Å². The van der Waals surface area contributed by atoms with E-state index in [1.54, 1.807) is 0 Å². The van der Waals surface area contributed by atoms with Gasteiger partial charge >= 0.3 is 0 Å². The van der Waals surface area contributed by atoms with Crippen LogP contribution in [-0.2, 0) is 0 Å². The van der Waals surface area contributed by atoms with Gasteiger partial charge in [-0.05, 0) is 11.6 Å². The van der Waals surface area contributed by atoms with Gasteiger partial charge in [0.05, 0.1) is 12.4 Å². The molecule has 0 saturated heterocycles. The van der Waals surface area contributed by atoms with Gasteiger partial charge in [0.25, 0.3) is 0 Å². The zero-order chi connectivity index (χ0) is 8.55. The van der Waals surface area contributed by atoms with E-state index in [9.17, 15) is 0 Å². The summed E-state index contributed by atoms with van der Waals surface area (Å²) in [5, 5.41) is 0.465. The van der Waals surface area contributed by atoms with Crippen molar-refractivity contribution >= 4 is 34.4 Å². The zero-order valence-corrected chi connectivity index (χ0v) is 7.21. The summed E-state index contributed by atoms with van der Waals surface area (Å²) in [5.74, 6) is 0. The van der Waals surface area contributed by atoms with Gasteiger partial charge in [-0.3, -0.25) is 0 Å². The molecule has 0 bridgehead atoms. The average molecular weight is 201 g/mol. The monoisotopic (exact) mass is 200 g/mol. The third-order valence-electron chi connectivity index (χ3n) is 1.24. The Labute approximate surface area is 77.6 Å². The van der Waals surface area contributed by atoms with E-state index < -0.39 is 0 Å². The molecular formula is C6H2Cl2N4. The first-order valence-electron chi connectivity index (χ1n) is 3.06. The predicted octanol–water partition coefficient (Wildman–Crippen LogP) is 1.73. The fourth-order valence-corrected chi connectivity index (χ4v) is 1.05. The van der Waals surface area contributed by atoms with Gasteiger partial charge in [0, 0.05) is 0 Å². The van der Waals surface area contributed by atoms with E-state index in [4.69, 9.17) is 23.2 Å². The summed E-state index contributed by atoms with van der Waals surface area (Å²) in [5.41, 5.74) is 0.978. The molecule has 0 N–H and O–H groups in total. The van der Waals surface area contributed by atoms with Crippen molar-refractivity contribution in [3.05, 3.63) is 22.8 Å². The lowest BCUT2D eigenvalue weighted by Gasteiger charge is -1.94. The number of fused-ring (bicyclic) bond motifs is 1. The smallest absolute Gasteiger partial charge is 0.224 e. The minimum absolute atomic E-state index is 0.152. The highest BCUT2D eigenvalue weighted by molar-refractivity contribution is 6.29. The number of aromatic nitrogens is 4. The second-order valence-electron chi connectivity index (χ2n) is 2.04. The van der Waals surface area contributed by atoms with Crippen LogP contribution >= 0.6 is 23.2 Å². The lowest BCUT2D eigenvalue weighted by molar-refractivity contribution is 1.15. The van der Waals surface area contributed by atoms with Gasteiger partial charge in [0.15, 0.2) is 5.65 Å². The highest BCUT2D eigenvalue weighted by Gasteiger charge is 2.00. The average Bonchev–Trinajstić information content (AvgIpc) is 2.05. The Morgan fingerprint density at radius 2 is 1.83 bits per heavy atom. The summed E-state index contributed by atoms with van der Waals surface area (Å²) in [4.78, 5) is 15.4. The molecule has 2 rings (SSSR count). The van der Waals surface area contributed by atoms with Gasteiger partial charge in [0.1, 0.15) is 10.7 Å². The van der Waals surface area contributed by atoms with Gasteiger partial charge in [-0.25, -0.2) is 15.0 Å². The summed E-state index contributed by atoms with van der Waals surface area (Å²) in [7, 11) is 0. The summed E-state index contributed by atoms with van der Waals surface area (Å²) >= 11 is 11.1. The fraction of sp³-hybridized carbons (Fsp3) is 0. The largest absolute Gasteiger partial charge is 0.232 e. The van der Waals surface area contributed by atoms with E-state index >= 15 is 0 Å². The van der Waals surface area contributed by atoms with Crippen molar-refractivity contribution in [2.75, 3.05) is 0 Å². The molecule has 0 radical (unpaired) electrons. The van der Waals surface area contributed by atoms with Gasteiger partial charge in [-0.2, -0.15) is 4.98 Å². The molecule has 0 aliphatic carbocycles. The highest BCUT2D eigenvalue weighted by atomic mass is 35.5. The molecule has 4 nitrogen and oxygen atoms in total. The molecule has 2 aromatic heterocycles. The number of rotatable bonds is 0. The van der Waals surface area contributed by atoms with E-state index in [1.165, 1.54) is 12.4 Å². The van der Waals surface area contributed by atoms with Crippen LogP contribution in [0.2, 0.25) is 10.4 Å². The van der Waals surface area contributed by atoms with Crippen LogP contribution < -0.4 is 0 Å². The molecule has 0 amide bonds. The molecule has 0 aliphatic rings. The quantitative estimate of drug-likeness (QED) is 0.609. The van der Waals surface area contributed by atoms with Crippen LogP contribution in [0.1, 0.15) is 0 Å². The van der Waals surface area contributed by atoms with Gasteiger partial charge < -0.3 is 0 Å². The predicted molar refractivity (Wildman–Crippen MR) is 45.1 cm³/mol. The highest BCUT2D eigenvalue weighted by Crippen LogP contribution is 2.10. The van der Waals surface area contributed by atoms with Gasteiger partial charge in [-0.15, -0.1) is 0 Å². The standard InChI is InChI=1S/C6H2Cl2N4/c7-4-2-9-5-3(11-4)1-10-6(8)12-5/h1-2H. The van der Waals surface area contributed by atoms with E-state index in [2.05, 4.69) is 19.9 Å². The van der Waals surface area contributed by atoms with Crippen LogP contribution in [0, 0.1) is 0 Å². The Morgan fingerprint density at radius 3 is 2.67 bits per heavy atom. The maximum Gasteiger partial charge on any atom is 0.224 e. The molecule has 0 aromatic carbocycles. The third kappa shape index (κ3) is 1.31. The van der Waals surface area contributed by atoms with Crippen LogP contribution in [0.25, 0.3) is 11.2 Å². The molecule has 60 valence electrons. The molecule has 0 unspecified atom stereocenters. The first-order chi connectivity index (χ1) is 5.75. The zero-order valence-electron chi connectivity index (χ0n) is 5.70. The molecule has 0 aliphatic heterocycles. The maximum absolute atomic E-state index is 5.60. The van der Waals surface area contributed by atoms with Crippen molar-refractivity contribution in [3.8, 4) is 0 Å². The third-order valence-corrected chi connectivity index (χ3v) is 1.61. The second-order valence-corrected chi connectivity index (χ2v) is 2.77. The summed E-state index contributed by atoms with van der Waals surface area (Å²) in [6.07, 6.45) is 2.89. The summed E-state index contributed by atoms with van der Waals surface area (Å²) < 4.78 is 0. The first kappa shape index (κ1) is 7.64. The van der Waals surface area contributed by atoms with Crippen LogP contribution in [-0.4, -0.2) is 19.9 Å². The molecule has 0 saturated carbocycles. The van der Waals surface area contributed by atoms with Crippen molar-refractivity contribution in [1.82, 2.24) is 19.9 Å². The molecule has 0 spiro atoms. The number of hydrogen-bond donors (Lipinski definition) is 0. The Morgan fingerprint density at radius 1 is 1.00 bits per heavy atom. The number of nitrogens with zero attached hydrogens (tertiary/aromatic N) is 4. The Bertz CT molecular complexity index is 390. The van der Waals surface area contributed by atoms with Crippen molar-refractivity contribution in [2.45, 2.75) is 0 Å². The fourth-order valence-electron chi connectivity index (χ4n) is 0.778. The minimum atomic E-state index is 0.152. The van der Waals surface area contributed by atoms with Crippen LogP contribution in [0.5, 0.6) is 0 Å². The van der Waals surface area contributed by atoms with Gasteiger partial charge in [0.2, 0.25) is 5.28 Å². The molecule has 2 heterocycles. The van der Waals surface area contributed by atoms with Crippen molar-refractivity contribution < 1.29 is 0 Å². The Hall–Kier alpha value is -1.00. The number of halogens is 2. The van der Waals surface area contributed by atoms with E-state index in [0.717, 1.165) is 0 Å². The Balaban J connectivity index is 2.79. The van der Waals surface area contributed by atoms with Crippen LogP contribution in [0.15, 0.2) is 12.4 Å². The number of hydrogen-bond acceptors (Lipinski definition) is 4. The molecule has 2 aromatic rings.